The Kier molecular flexibility index (Phi) is 1.65. The molecule has 1 N–H and O–H groups in total. The van der Waals surface area contributed by atoms with Crippen molar-refractivity contribution in [2.45, 2.75) is 12.8 Å². The lowest BCUT2D eigenvalue weighted by atomic mass is 10.2. The molecule has 70 valence electrons. The lowest BCUT2D eigenvalue weighted by molar-refractivity contribution is -0.138. The van der Waals surface area contributed by atoms with Crippen LogP contribution in [0.5, 0.6) is 0 Å². The number of aryl methyl sites for hydroxylation is 1. The van der Waals surface area contributed by atoms with Gasteiger partial charge in [-0.1, -0.05) is 6.92 Å². The van der Waals surface area contributed by atoms with Gasteiger partial charge in [0.1, 0.15) is 0 Å². The highest BCUT2D eigenvalue weighted by Gasteiger charge is 2.53. The average molecular weight is 180 g/mol. The van der Waals surface area contributed by atoms with E-state index in [9.17, 15) is 4.79 Å². The Balaban J connectivity index is 2.17. The molecule has 0 aliphatic heterocycles. The van der Waals surface area contributed by atoms with Gasteiger partial charge in [-0.3, -0.25) is 4.79 Å². The normalized spacial score (nSPS) is 31.7. The van der Waals surface area contributed by atoms with Gasteiger partial charge >= 0.3 is 5.97 Å². The van der Waals surface area contributed by atoms with Gasteiger partial charge in [0.15, 0.2) is 0 Å². The van der Waals surface area contributed by atoms with E-state index in [1.54, 1.807) is 6.33 Å². The number of imidazole rings is 1. The molecule has 1 aromatic rings. The van der Waals surface area contributed by atoms with E-state index in [1.165, 1.54) is 0 Å². The van der Waals surface area contributed by atoms with E-state index in [1.807, 2.05) is 24.7 Å². The maximum Gasteiger partial charge on any atom is 0.307 e. The van der Waals surface area contributed by atoms with Crippen molar-refractivity contribution in [1.82, 2.24) is 9.55 Å². The van der Waals surface area contributed by atoms with Crippen LogP contribution >= 0.6 is 0 Å². The fourth-order valence-corrected chi connectivity index (χ4v) is 1.90. The highest BCUT2D eigenvalue weighted by atomic mass is 16.4. The number of carboxylic acids is 1. The zero-order valence-corrected chi connectivity index (χ0v) is 7.64. The lowest BCUT2D eigenvalue weighted by Gasteiger charge is -1.89. The molecule has 0 aromatic carbocycles. The summed E-state index contributed by atoms with van der Waals surface area (Å²) in [5.41, 5.74) is 0.905. The summed E-state index contributed by atoms with van der Waals surface area (Å²) in [6.45, 7) is 1.96. The van der Waals surface area contributed by atoms with Gasteiger partial charge in [0.05, 0.1) is 17.9 Å². The van der Waals surface area contributed by atoms with E-state index >= 15 is 0 Å². The monoisotopic (exact) mass is 180 g/mol. The topological polar surface area (TPSA) is 55.1 Å². The second-order valence-electron chi connectivity index (χ2n) is 3.71. The van der Waals surface area contributed by atoms with Gasteiger partial charge in [0.25, 0.3) is 0 Å². The molecule has 0 saturated heterocycles. The maximum absolute atomic E-state index is 10.7. The first-order valence-corrected chi connectivity index (χ1v) is 4.32. The number of carboxylic acid groups (broad SMARTS) is 1. The number of aliphatic carboxylic acids is 1. The summed E-state index contributed by atoms with van der Waals surface area (Å²) in [7, 11) is 1.89. The molecule has 0 radical (unpaired) electrons. The van der Waals surface area contributed by atoms with Gasteiger partial charge in [-0.25, -0.2) is 4.98 Å². The molecular formula is C9H12N2O2. The Morgan fingerprint density at radius 1 is 1.69 bits per heavy atom. The number of hydrogen-bond donors (Lipinski definition) is 1. The van der Waals surface area contributed by atoms with Crippen molar-refractivity contribution in [2.75, 3.05) is 0 Å². The Labute approximate surface area is 76.2 Å². The minimum atomic E-state index is -0.705. The van der Waals surface area contributed by atoms with E-state index < -0.39 is 5.97 Å². The molecule has 2 unspecified atom stereocenters. The number of aromatic nitrogens is 2. The van der Waals surface area contributed by atoms with Crippen molar-refractivity contribution in [1.29, 1.82) is 0 Å². The second kappa shape index (κ2) is 2.58. The molecule has 3 atom stereocenters. The smallest absolute Gasteiger partial charge is 0.307 e. The van der Waals surface area contributed by atoms with E-state index in [4.69, 9.17) is 5.11 Å². The third kappa shape index (κ3) is 1.22. The van der Waals surface area contributed by atoms with Gasteiger partial charge in [-0.2, -0.15) is 0 Å². The SMILES string of the molecule is CC1C(c2cn(C)cn2)[C@H]1C(=O)O. The molecule has 1 aliphatic rings. The molecule has 4 heteroatoms. The molecular weight excluding hydrogens is 168 g/mol. The Bertz CT molecular complexity index is 345. The van der Waals surface area contributed by atoms with Crippen molar-refractivity contribution >= 4 is 5.97 Å². The molecule has 1 fully saturated rings. The second-order valence-corrected chi connectivity index (χ2v) is 3.71. The molecule has 1 saturated carbocycles. The fraction of sp³-hybridized carbons (Fsp3) is 0.556. The number of rotatable bonds is 2. The first kappa shape index (κ1) is 8.29. The number of hydrogen-bond acceptors (Lipinski definition) is 2. The zero-order valence-electron chi connectivity index (χ0n) is 7.64. The molecule has 4 nitrogen and oxygen atoms in total. The highest BCUT2D eigenvalue weighted by molar-refractivity contribution is 5.75. The molecule has 2 rings (SSSR count). The third-order valence-corrected chi connectivity index (χ3v) is 2.73. The summed E-state index contributed by atoms with van der Waals surface area (Å²) < 4.78 is 1.85. The lowest BCUT2D eigenvalue weighted by Crippen LogP contribution is -1.99. The molecule has 0 amide bonds. The van der Waals surface area contributed by atoms with Gasteiger partial charge < -0.3 is 9.67 Å². The quantitative estimate of drug-likeness (QED) is 0.734. The zero-order chi connectivity index (χ0) is 9.59. The maximum atomic E-state index is 10.7. The van der Waals surface area contributed by atoms with Crippen LogP contribution < -0.4 is 0 Å². The summed E-state index contributed by atoms with van der Waals surface area (Å²) in [5, 5.41) is 8.83. The standard InChI is InChI=1S/C9H12N2O2/c1-5-7(8(5)9(12)13)6-3-11(2)4-10-6/h3-5,7-8H,1-2H3,(H,12,13)/t5?,7?,8-/m0/s1. The van der Waals surface area contributed by atoms with Crippen molar-refractivity contribution in [3.05, 3.63) is 18.2 Å². The first-order valence-electron chi connectivity index (χ1n) is 4.32. The van der Waals surface area contributed by atoms with Gasteiger partial charge in [0, 0.05) is 19.2 Å². The van der Waals surface area contributed by atoms with Crippen LogP contribution in [0.3, 0.4) is 0 Å². The molecule has 13 heavy (non-hydrogen) atoms. The largest absolute Gasteiger partial charge is 0.481 e. The summed E-state index contributed by atoms with van der Waals surface area (Å²) in [5.74, 6) is -0.579. The molecule has 1 aliphatic carbocycles. The number of carbonyl (C=O) groups is 1. The van der Waals surface area contributed by atoms with Crippen molar-refractivity contribution in [3.8, 4) is 0 Å². The van der Waals surface area contributed by atoms with Crippen molar-refractivity contribution in [3.63, 3.8) is 0 Å². The third-order valence-electron chi connectivity index (χ3n) is 2.73. The van der Waals surface area contributed by atoms with Crippen LogP contribution in [0.4, 0.5) is 0 Å². The highest BCUT2D eigenvalue weighted by Crippen LogP contribution is 2.53. The van der Waals surface area contributed by atoms with Crippen LogP contribution in [0.15, 0.2) is 12.5 Å². The fourth-order valence-electron chi connectivity index (χ4n) is 1.90. The van der Waals surface area contributed by atoms with Gasteiger partial charge in [0.2, 0.25) is 0 Å². The minimum absolute atomic E-state index is 0.124. The van der Waals surface area contributed by atoms with E-state index in [2.05, 4.69) is 4.98 Å². The predicted molar refractivity (Wildman–Crippen MR) is 46.2 cm³/mol. The van der Waals surface area contributed by atoms with Crippen LogP contribution in [0.1, 0.15) is 18.5 Å². The van der Waals surface area contributed by atoms with Crippen LogP contribution in [0, 0.1) is 11.8 Å². The van der Waals surface area contributed by atoms with Crippen LogP contribution in [-0.2, 0) is 11.8 Å². The van der Waals surface area contributed by atoms with Gasteiger partial charge in [-0.05, 0) is 5.92 Å². The summed E-state index contributed by atoms with van der Waals surface area (Å²) >= 11 is 0. The molecule has 0 spiro atoms. The summed E-state index contributed by atoms with van der Waals surface area (Å²) in [6.07, 6.45) is 3.60. The van der Waals surface area contributed by atoms with E-state index in [0.717, 1.165) is 5.69 Å². The Hall–Kier alpha value is -1.32. The van der Waals surface area contributed by atoms with Gasteiger partial charge in [-0.15, -0.1) is 0 Å². The van der Waals surface area contributed by atoms with E-state index in [-0.39, 0.29) is 17.8 Å². The first-order chi connectivity index (χ1) is 6.11. The molecule has 0 bridgehead atoms. The van der Waals surface area contributed by atoms with Crippen LogP contribution in [-0.4, -0.2) is 20.6 Å². The Morgan fingerprint density at radius 3 is 2.77 bits per heavy atom. The predicted octanol–water partition coefficient (Wildman–Crippen LogP) is 0.854. The summed E-state index contributed by atoms with van der Waals surface area (Å²) in [4.78, 5) is 14.9. The number of nitrogens with zero attached hydrogens (tertiary/aromatic N) is 2. The molecule has 1 heterocycles. The van der Waals surface area contributed by atoms with E-state index in [0.29, 0.717) is 0 Å². The van der Waals surface area contributed by atoms with Crippen molar-refractivity contribution in [2.24, 2.45) is 18.9 Å². The van der Waals surface area contributed by atoms with Crippen LogP contribution in [0.2, 0.25) is 0 Å². The van der Waals surface area contributed by atoms with Crippen molar-refractivity contribution < 1.29 is 9.90 Å². The Morgan fingerprint density at radius 2 is 2.38 bits per heavy atom. The average Bonchev–Trinajstić information content (AvgIpc) is 2.51. The van der Waals surface area contributed by atoms with Crippen LogP contribution in [0.25, 0.3) is 0 Å². The summed E-state index contributed by atoms with van der Waals surface area (Å²) in [6, 6.07) is 0. The molecule has 1 aromatic heterocycles. The minimum Gasteiger partial charge on any atom is -0.481 e.